The summed E-state index contributed by atoms with van der Waals surface area (Å²) in [4.78, 5) is 25.9. The SMILES string of the molecule is CCCCCCCC/C=C\CCCCCCCCCC(=O)OC(COC(=O)CCCCCCCCCCCCCCCCCCCCCCCCC)COC1OC(COC2OC(CO)C(O)C(O)C2O)C(O)C(O)C1O. The second kappa shape index (κ2) is 48.0. The number of aliphatic hydroxyl groups excluding tert-OH is 7. The first-order valence-electron chi connectivity index (χ1n) is 31.3. The molecule has 15 nitrogen and oxygen atoms in total. The number of hydrogen-bond acceptors (Lipinski definition) is 15. The van der Waals surface area contributed by atoms with Gasteiger partial charge in [-0.15, -0.1) is 0 Å². The number of aliphatic hydroxyl groups is 7. The number of rotatable bonds is 51. The first-order valence-corrected chi connectivity index (χ1v) is 31.3. The van der Waals surface area contributed by atoms with Gasteiger partial charge in [0.2, 0.25) is 0 Å². The molecule has 0 bridgehead atoms. The van der Waals surface area contributed by atoms with Crippen molar-refractivity contribution in [3.05, 3.63) is 12.2 Å². The Labute approximate surface area is 460 Å². The highest BCUT2D eigenvalue weighted by Gasteiger charge is 2.47. The van der Waals surface area contributed by atoms with Crippen LogP contribution >= 0.6 is 0 Å². The van der Waals surface area contributed by atoms with Crippen molar-refractivity contribution in [1.82, 2.24) is 0 Å². The zero-order valence-electron chi connectivity index (χ0n) is 48.0. The summed E-state index contributed by atoms with van der Waals surface area (Å²) < 4.78 is 33.8. The summed E-state index contributed by atoms with van der Waals surface area (Å²) in [6.07, 6.45) is 35.2. The molecule has 2 fully saturated rings. The van der Waals surface area contributed by atoms with Gasteiger partial charge in [-0.25, -0.2) is 0 Å². The van der Waals surface area contributed by atoms with Gasteiger partial charge in [-0.2, -0.15) is 0 Å². The molecule has 0 spiro atoms. The van der Waals surface area contributed by atoms with E-state index >= 15 is 0 Å². The van der Waals surface area contributed by atoms with Crippen LogP contribution in [0.15, 0.2) is 12.2 Å². The molecule has 2 rings (SSSR count). The molecule has 2 heterocycles. The summed E-state index contributed by atoms with van der Waals surface area (Å²) in [6.45, 7) is 2.65. The van der Waals surface area contributed by atoms with Gasteiger partial charge in [0.25, 0.3) is 0 Å². The van der Waals surface area contributed by atoms with Crippen LogP contribution in [0, 0.1) is 0 Å². The number of unbranched alkanes of at least 4 members (excludes halogenated alkanes) is 35. The third kappa shape index (κ3) is 34.4. The lowest BCUT2D eigenvalue weighted by Crippen LogP contribution is -2.61. The summed E-state index contributed by atoms with van der Waals surface area (Å²) in [7, 11) is 0. The monoisotopic (exact) mass is 1090 g/mol. The third-order valence-electron chi connectivity index (χ3n) is 15.2. The summed E-state index contributed by atoms with van der Waals surface area (Å²) in [5, 5.41) is 72.4. The Hall–Kier alpha value is -1.76. The van der Waals surface area contributed by atoms with Crippen LogP contribution in [0.25, 0.3) is 0 Å². The number of ether oxygens (including phenoxy) is 6. The molecular weight excluding hydrogens is 973 g/mol. The van der Waals surface area contributed by atoms with Crippen molar-refractivity contribution in [3.8, 4) is 0 Å². The number of allylic oxidation sites excluding steroid dienone is 2. The second-order valence-electron chi connectivity index (χ2n) is 22.2. The van der Waals surface area contributed by atoms with Crippen molar-refractivity contribution in [2.75, 3.05) is 26.4 Å². The molecule has 448 valence electrons. The number of carbonyl (C=O) groups is 2. The van der Waals surface area contributed by atoms with Crippen LogP contribution in [0.1, 0.15) is 271 Å². The van der Waals surface area contributed by atoms with Crippen molar-refractivity contribution < 1.29 is 73.8 Å². The zero-order valence-corrected chi connectivity index (χ0v) is 48.0. The van der Waals surface area contributed by atoms with Crippen LogP contribution in [-0.4, -0.2) is 142 Å². The van der Waals surface area contributed by atoms with Gasteiger partial charge in [0.1, 0.15) is 55.4 Å². The number of esters is 2. The standard InChI is InChI=1S/C61H114O15/c1-3-5-7-9-11-13-15-17-19-21-22-23-24-25-26-28-29-31-33-35-37-39-41-43-52(63)71-46-49(74-53(64)44-42-40-38-36-34-32-30-27-20-18-16-14-12-10-8-6-4-2)47-72-60-59(70)57(68)55(66)51(76-60)48-73-61-58(69)56(67)54(65)50(45-62)75-61/h18,20,49-51,54-62,65-70H,3-17,19,21-48H2,1-2H3/b20-18-. The van der Waals surface area contributed by atoms with E-state index in [4.69, 9.17) is 28.4 Å². The Balaban J connectivity index is 1.70. The first-order chi connectivity index (χ1) is 37.0. The molecule has 11 unspecified atom stereocenters. The molecule has 0 aromatic carbocycles. The minimum absolute atomic E-state index is 0.165. The maximum Gasteiger partial charge on any atom is 0.306 e. The fourth-order valence-corrected chi connectivity index (χ4v) is 10.2. The van der Waals surface area contributed by atoms with Crippen molar-refractivity contribution in [1.29, 1.82) is 0 Å². The van der Waals surface area contributed by atoms with Gasteiger partial charge in [-0.1, -0.05) is 231 Å². The average molecular weight is 1090 g/mol. The summed E-state index contributed by atoms with van der Waals surface area (Å²) >= 11 is 0. The molecule has 15 heteroatoms. The van der Waals surface area contributed by atoms with E-state index < -0.39 is 92.7 Å². The van der Waals surface area contributed by atoms with Crippen molar-refractivity contribution in [3.63, 3.8) is 0 Å². The highest BCUT2D eigenvalue weighted by Crippen LogP contribution is 2.27. The second-order valence-corrected chi connectivity index (χ2v) is 22.2. The molecule has 0 radical (unpaired) electrons. The van der Waals surface area contributed by atoms with Crippen LogP contribution in [0.4, 0.5) is 0 Å². The van der Waals surface area contributed by atoms with E-state index in [0.717, 1.165) is 51.4 Å². The molecule has 2 saturated heterocycles. The Kier molecular flexibility index (Phi) is 44.4. The predicted molar refractivity (Wildman–Crippen MR) is 298 cm³/mol. The molecular formula is C61H114O15. The van der Waals surface area contributed by atoms with E-state index in [0.29, 0.717) is 12.8 Å². The predicted octanol–water partition coefficient (Wildman–Crippen LogP) is 11.3. The lowest BCUT2D eigenvalue weighted by atomic mass is 9.98. The summed E-state index contributed by atoms with van der Waals surface area (Å²) in [5.41, 5.74) is 0. The van der Waals surface area contributed by atoms with E-state index in [-0.39, 0.29) is 26.1 Å². The van der Waals surface area contributed by atoms with Crippen LogP contribution in [0.3, 0.4) is 0 Å². The lowest BCUT2D eigenvalue weighted by Gasteiger charge is -2.42. The van der Waals surface area contributed by atoms with Gasteiger partial charge in [-0.3, -0.25) is 9.59 Å². The van der Waals surface area contributed by atoms with Gasteiger partial charge in [0.15, 0.2) is 18.7 Å². The topological polar surface area (TPSA) is 231 Å². The van der Waals surface area contributed by atoms with E-state index in [9.17, 15) is 45.3 Å². The molecule has 2 aliphatic rings. The fourth-order valence-electron chi connectivity index (χ4n) is 10.2. The molecule has 2 aliphatic heterocycles. The summed E-state index contributed by atoms with van der Waals surface area (Å²) in [5.74, 6) is -0.912. The van der Waals surface area contributed by atoms with E-state index in [2.05, 4.69) is 26.0 Å². The Morgan fingerprint density at radius 3 is 1.16 bits per heavy atom. The molecule has 0 saturated carbocycles. The van der Waals surface area contributed by atoms with Gasteiger partial charge in [0.05, 0.1) is 19.8 Å². The number of hydrogen-bond donors (Lipinski definition) is 7. The highest BCUT2D eigenvalue weighted by molar-refractivity contribution is 5.70. The number of carbonyl (C=O) groups excluding carboxylic acids is 2. The Bertz CT molecular complexity index is 1370. The fraction of sp³-hybridized carbons (Fsp3) is 0.934. The third-order valence-corrected chi connectivity index (χ3v) is 15.2. The van der Waals surface area contributed by atoms with Crippen LogP contribution < -0.4 is 0 Å². The van der Waals surface area contributed by atoms with Crippen molar-refractivity contribution in [2.45, 2.75) is 338 Å². The molecule has 0 aromatic rings. The van der Waals surface area contributed by atoms with Crippen LogP contribution in [0.5, 0.6) is 0 Å². The largest absolute Gasteiger partial charge is 0.462 e. The van der Waals surface area contributed by atoms with E-state index in [1.807, 2.05) is 0 Å². The van der Waals surface area contributed by atoms with Crippen LogP contribution in [0.2, 0.25) is 0 Å². The average Bonchev–Trinajstić information content (AvgIpc) is 3.41. The van der Waals surface area contributed by atoms with Gasteiger partial charge >= 0.3 is 11.9 Å². The Morgan fingerprint density at radius 2 is 0.750 bits per heavy atom. The summed E-state index contributed by atoms with van der Waals surface area (Å²) in [6, 6.07) is 0. The minimum Gasteiger partial charge on any atom is -0.462 e. The maximum absolute atomic E-state index is 13.1. The van der Waals surface area contributed by atoms with Gasteiger partial charge in [-0.05, 0) is 38.5 Å². The molecule has 11 atom stereocenters. The normalized spacial score (nSPS) is 24.3. The molecule has 0 aromatic heterocycles. The maximum atomic E-state index is 13.1. The molecule has 0 aliphatic carbocycles. The smallest absolute Gasteiger partial charge is 0.306 e. The first kappa shape index (κ1) is 70.3. The highest BCUT2D eigenvalue weighted by atomic mass is 16.7. The lowest BCUT2D eigenvalue weighted by molar-refractivity contribution is -0.332. The van der Waals surface area contributed by atoms with Crippen molar-refractivity contribution in [2.24, 2.45) is 0 Å². The van der Waals surface area contributed by atoms with Crippen molar-refractivity contribution >= 4 is 11.9 Å². The van der Waals surface area contributed by atoms with Gasteiger partial charge in [0, 0.05) is 12.8 Å². The molecule has 7 N–H and O–H groups in total. The zero-order chi connectivity index (χ0) is 55.3. The van der Waals surface area contributed by atoms with Crippen LogP contribution in [-0.2, 0) is 38.0 Å². The van der Waals surface area contributed by atoms with Gasteiger partial charge < -0.3 is 64.2 Å². The molecule has 76 heavy (non-hydrogen) atoms. The minimum atomic E-state index is -1.76. The Morgan fingerprint density at radius 1 is 0.408 bits per heavy atom. The van der Waals surface area contributed by atoms with E-state index in [1.54, 1.807) is 0 Å². The quantitative estimate of drug-likeness (QED) is 0.0171. The van der Waals surface area contributed by atoms with E-state index in [1.165, 1.54) is 180 Å². The molecule has 0 amide bonds.